The van der Waals surface area contributed by atoms with Gasteiger partial charge < -0.3 is 18.8 Å². The molecule has 0 bridgehead atoms. The molecule has 0 amide bonds. The molecule has 4 aromatic carbocycles. The van der Waals surface area contributed by atoms with Crippen LogP contribution in [-0.2, 0) is 49.1 Å². The average molecular weight is 650 g/mol. The molecule has 0 unspecified atom stereocenters. The van der Waals surface area contributed by atoms with Crippen LogP contribution in [0.5, 0.6) is 5.75 Å². The Morgan fingerprint density at radius 1 is 0.938 bits per heavy atom. The van der Waals surface area contributed by atoms with E-state index in [1.165, 1.54) is 18.2 Å². The van der Waals surface area contributed by atoms with Crippen LogP contribution in [0.1, 0.15) is 58.8 Å². The van der Waals surface area contributed by atoms with Gasteiger partial charge in [0, 0.05) is 41.2 Å². The Bertz CT molecular complexity index is 2170. The molecule has 1 aliphatic rings. The number of rotatable bonds is 8. The van der Waals surface area contributed by atoms with Crippen LogP contribution in [0.15, 0.2) is 72.8 Å². The van der Waals surface area contributed by atoms with Gasteiger partial charge in [0.25, 0.3) is 0 Å². The molecule has 0 atom stereocenters. The highest BCUT2D eigenvalue weighted by atomic mass is 19.1. The summed E-state index contributed by atoms with van der Waals surface area (Å²) in [6.07, 6.45) is 1.68. The second kappa shape index (κ2) is 13.2. The van der Waals surface area contributed by atoms with Gasteiger partial charge in [0.15, 0.2) is 0 Å². The molecule has 246 valence electrons. The van der Waals surface area contributed by atoms with Crippen molar-refractivity contribution >= 4 is 27.6 Å². The van der Waals surface area contributed by atoms with Crippen LogP contribution in [0.4, 0.5) is 8.78 Å². The van der Waals surface area contributed by atoms with Gasteiger partial charge >= 0.3 is 5.97 Å². The Morgan fingerprint density at radius 2 is 1.75 bits per heavy atom. The Kier molecular flexibility index (Phi) is 8.71. The summed E-state index contributed by atoms with van der Waals surface area (Å²) in [5.41, 5.74) is 6.39. The molecule has 1 aliphatic heterocycles. The fourth-order valence-electron chi connectivity index (χ4n) is 7.05. The topological polar surface area (TPSA) is 67.5 Å². The highest BCUT2D eigenvalue weighted by Crippen LogP contribution is 2.41. The van der Waals surface area contributed by atoms with E-state index in [1.807, 2.05) is 61.0 Å². The van der Waals surface area contributed by atoms with E-state index in [0.29, 0.717) is 72.8 Å². The summed E-state index contributed by atoms with van der Waals surface area (Å²) < 4.78 is 52.0. The monoisotopic (exact) mass is 649 g/mol. The van der Waals surface area contributed by atoms with Gasteiger partial charge in [-0.1, -0.05) is 43.3 Å². The van der Waals surface area contributed by atoms with Crippen molar-refractivity contribution < 1.29 is 27.8 Å². The molecule has 48 heavy (non-hydrogen) atoms. The van der Waals surface area contributed by atoms with Crippen LogP contribution >= 0.6 is 0 Å². The third-order valence-electron chi connectivity index (χ3n) is 9.14. The molecular weight excluding hydrogens is 612 g/mol. The number of carbonyl (C=O) groups excluding carboxylic acids is 1. The Labute approximate surface area is 277 Å². The summed E-state index contributed by atoms with van der Waals surface area (Å²) in [4.78, 5) is 13.9. The molecule has 3 heterocycles. The lowest BCUT2D eigenvalue weighted by atomic mass is 9.96. The summed E-state index contributed by atoms with van der Waals surface area (Å²) in [5, 5.41) is 7.15. The van der Waals surface area contributed by atoms with Gasteiger partial charge in [0.1, 0.15) is 23.1 Å². The number of fused-ring (bicyclic) bond motifs is 4. The fraction of sp³-hybridized carbons (Fsp3) is 0.282. The Balaban J connectivity index is 1.38. The van der Waals surface area contributed by atoms with Gasteiger partial charge in [-0.3, -0.25) is 4.68 Å². The number of esters is 1. The maximum atomic E-state index is 16.4. The van der Waals surface area contributed by atoms with Gasteiger partial charge in [-0.05, 0) is 84.7 Å². The first-order valence-corrected chi connectivity index (χ1v) is 16.4. The van der Waals surface area contributed by atoms with E-state index in [9.17, 15) is 9.18 Å². The van der Waals surface area contributed by atoms with Crippen LogP contribution in [0.25, 0.3) is 32.8 Å². The SMILES string of the molecule is CCOC(=O)c1c(CCCOc2cccc3cc(F)ccc23)c2ccc(F)c3c2n1Cc1ccccc1COCc1nn(C)c(CC)c1-3. The minimum absolute atomic E-state index is 0.197. The molecule has 2 aromatic heterocycles. The van der Waals surface area contributed by atoms with E-state index in [-0.39, 0.29) is 19.0 Å². The van der Waals surface area contributed by atoms with Crippen molar-refractivity contribution in [1.82, 2.24) is 14.3 Å². The summed E-state index contributed by atoms with van der Waals surface area (Å²) in [5.74, 6) is -0.494. The first-order valence-electron chi connectivity index (χ1n) is 16.4. The largest absolute Gasteiger partial charge is 0.493 e. The van der Waals surface area contributed by atoms with Crippen LogP contribution in [0.2, 0.25) is 0 Å². The number of aryl methyl sites for hydroxylation is 2. The van der Waals surface area contributed by atoms with Crippen LogP contribution in [0, 0.1) is 11.6 Å². The summed E-state index contributed by atoms with van der Waals surface area (Å²) in [6.45, 7) is 5.23. The number of hydrogen-bond donors (Lipinski definition) is 0. The second-order valence-corrected chi connectivity index (χ2v) is 12.0. The van der Waals surface area contributed by atoms with Crippen LogP contribution in [0.3, 0.4) is 0 Å². The van der Waals surface area contributed by atoms with Crippen molar-refractivity contribution in [1.29, 1.82) is 0 Å². The van der Waals surface area contributed by atoms with E-state index >= 15 is 4.39 Å². The van der Waals surface area contributed by atoms with Gasteiger partial charge in [-0.25, -0.2) is 13.6 Å². The van der Waals surface area contributed by atoms with Crippen molar-refractivity contribution in [2.75, 3.05) is 13.2 Å². The second-order valence-electron chi connectivity index (χ2n) is 12.0. The summed E-state index contributed by atoms with van der Waals surface area (Å²) in [6, 6.07) is 21.4. The molecule has 7 rings (SSSR count). The minimum Gasteiger partial charge on any atom is -0.493 e. The normalized spacial score (nSPS) is 12.9. The maximum Gasteiger partial charge on any atom is 0.355 e. The van der Waals surface area contributed by atoms with E-state index in [0.717, 1.165) is 38.5 Å². The van der Waals surface area contributed by atoms with Gasteiger partial charge in [0.2, 0.25) is 0 Å². The number of nitrogens with zero attached hydrogens (tertiary/aromatic N) is 3. The zero-order valence-electron chi connectivity index (χ0n) is 27.3. The first-order chi connectivity index (χ1) is 23.4. The molecule has 7 nitrogen and oxygen atoms in total. The lowest BCUT2D eigenvalue weighted by Gasteiger charge is -2.16. The summed E-state index contributed by atoms with van der Waals surface area (Å²) in [7, 11) is 1.87. The molecular formula is C39H37F2N3O4. The van der Waals surface area contributed by atoms with Gasteiger partial charge in [-0.15, -0.1) is 0 Å². The third kappa shape index (κ3) is 5.62. The van der Waals surface area contributed by atoms with E-state index in [4.69, 9.17) is 19.3 Å². The van der Waals surface area contributed by atoms with Gasteiger partial charge in [0.05, 0.1) is 37.6 Å². The lowest BCUT2D eigenvalue weighted by Crippen LogP contribution is -2.16. The van der Waals surface area contributed by atoms with Crippen LogP contribution < -0.4 is 4.74 Å². The molecule has 0 saturated carbocycles. The zero-order valence-corrected chi connectivity index (χ0v) is 27.3. The highest BCUT2D eigenvalue weighted by molar-refractivity contribution is 6.05. The van der Waals surface area contributed by atoms with Crippen molar-refractivity contribution in [2.45, 2.75) is 52.9 Å². The van der Waals surface area contributed by atoms with Gasteiger partial charge in [-0.2, -0.15) is 5.10 Å². The quantitative estimate of drug-likeness (QED) is 0.123. The van der Waals surface area contributed by atoms with E-state index in [1.54, 1.807) is 23.7 Å². The maximum absolute atomic E-state index is 16.4. The molecule has 0 radical (unpaired) electrons. The predicted molar refractivity (Wildman–Crippen MR) is 181 cm³/mol. The van der Waals surface area contributed by atoms with Crippen molar-refractivity contribution in [3.05, 3.63) is 118 Å². The van der Waals surface area contributed by atoms with E-state index < -0.39 is 11.8 Å². The van der Waals surface area contributed by atoms with E-state index in [2.05, 4.69) is 0 Å². The molecule has 0 saturated heterocycles. The smallest absolute Gasteiger partial charge is 0.355 e. The molecule has 0 fully saturated rings. The highest BCUT2D eigenvalue weighted by Gasteiger charge is 2.31. The van der Waals surface area contributed by atoms with Crippen molar-refractivity contribution in [3.8, 4) is 16.9 Å². The number of ether oxygens (including phenoxy) is 3. The first kappa shape index (κ1) is 31.6. The molecule has 0 N–H and O–H groups in total. The van der Waals surface area contributed by atoms with Crippen molar-refractivity contribution in [3.63, 3.8) is 0 Å². The number of hydrogen-bond acceptors (Lipinski definition) is 5. The zero-order chi connectivity index (χ0) is 33.4. The molecule has 0 spiro atoms. The van der Waals surface area contributed by atoms with Crippen molar-refractivity contribution in [2.24, 2.45) is 7.05 Å². The molecule has 0 aliphatic carbocycles. The standard InChI is InChI=1S/C39H37F2N3O4/c1-4-33-36-32(42-43(33)3)23-46-22-26-11-7-6-10-25(26)21-44-37-30(17-18-31(41)35(36)37)29(38(44)39(45)47-5-2)13-9-19-48-34-14-8-12-24-20-27(40)15-16-28(24)34/h6-8,10-12,14-18,20H,4-5,9,13,19,21-23H2,1-3H3. The molecule has 9 heteroatoms. The minimum atomic E-state index is -0.460. The lowest BCUT2D eigenvalue weighted by molar-refractivity contribution is 0.0513. The predicted octanol–water partition coefficient (Wildman–Crippen LogP) is 8.30. The number of benzene rings is 4. The number of carbonyl (C=O) groups is 1. The Hall–Kier alpha value is -5.02. The average Bonchev–Trinajstić information content (AvgIpc) is 3.55. The molecule has 6 aromatic rings. The third-order valence-corrected chi connectivity index (χ3v) is 9.14. The number of halogens is 2. The summed E-state index contributed by atoms with van der Waals surface area (Å²) >= 11 is 0. The number of aromatic nitrogens is 3. The fourth-order valence-corrected chi connectivity index (χ4v) is 7.05. The Morgan fingerprint density at radius 3 is 2.56 bits per heavy atom. The van der Waals surface area contributed by atoms with Crippen LogP contribution in [-0.4, -0.2) is 33.5 Å².